The third kappa shape index (κ3) is 12.2. The van der Waals surface area contributed by atoms with E-state index in [-0.39, 0.29) is 0 Å². The SMILES string of the molecule is CCCCCCCCCC[n+]1ccn(CCCCCCOc2ccc(N=Nc3ccc(C)cc3)cc2)c1. The van der Waals surface area contributed by atoms with Crippen molar-refractivity contribution in [3.63, 3.8) is 0 Å². The quantitative estimate of drug-likeness (QED) is 0.0913. The van der Waals surface area contributed by atoms with Crippen LogP contribution in [-0.4, -0.2) is 11.2 Å². The first-order chi connectivity index (χ1) is 18.2. The second kappa shape index (κ2) is 17.5. The van der Waals surface area contributed by atoms with Crippen LogP contribution in [0.1, 0.15) is 89.5 Å². The molecule has 0 unspecified atom stereocenters. The van der Waals surface area contributed by atoms with Gasteiger partial charge in [-0.05, 0) is 81.8 Å². The Balaban J connectivity index is 1.19. The minimum absolute atomic E-state index is 0.756. The molecule has 0 fully saturated rings. The van der Waals surface area contributed by atoms with Crippen LogP contribution in [0.5, 0.6) is 5.75 Å². The molecule has 0 aliphatic heterocycles. The fourth-order valence-electron chi connectivity index (χ4n) is 4.41. The highest BCUT2D eigenvalue weighted by Gasteiger charge is 2.04. The maximum absolute atomic E-state index is 5.90. The molecule has 0 atom stereocenters. The van der Waals surface area contributed by atoms with Gasteiger partial charge in [-0.3, -0.25) is 0 Å². The van der Waals surface area contributed by atoms with Gasteiger partial charge in [0.25, 0.3) is 0 Å². The van der Waals surface area contributed by atoms with Crippen molar-refractivity contribution >= 4 is 11.4 Å². The van der Waals surface area contributed by atoms with E-state index in [1.165, 1.54) is 76.2 Å². The van der Waals surface area contributed by atoms with Gasteiger partial charge < -0.3 is 4.74 Å². The largest absolute Gasteiger partial charge is 0.494 e. The summed E-state index contributed by atoms with van der Waals surface area (Å²) in [5, 5.41) is 8.59. The Morgan fingerprint density at radius 2 is 1.30 bits per heavy atom. The number of benzene rings is 2. The molecular weight excluding hydrogens is 456 g/mol. The predicted octanol–water partition coefficient (Wildman–Crippen LogP) is 9.28. The maximum Gasteiger partial charge on any atom is 0.243 e. The number of aromatic nitrogens is 2. The minimum Gasteiger partial charge on any atom is -0.494 e. The first kappa shape index (κ1) is 28.6. The van der Waals surface area contributed by atoms with Gasteiger partial charge >= 0.3 is 0 Å². The Labute approximate surface area is 224 Å². The topological polar surface area (TPSA) is 42.8 Å². The van der Waals surface area contributed by atoms with Crippen LogP contribution in [0.2, 0.25) is 0 Å². The summed E-state index contributed by atoms with van der Waals surface area (Å²) in [6, 6.07) is 15.9. The van der Waals surface area contributed by atoms with Crippen molar-refractivity contribution in [2.45, 2.75) is 104 Å². The van der Waals surface area contributed by atoms with E-state index >= 15 is 0 Å². The summed E-state index contributed by atoms with van der Waals surface area (Å²) < 4.78 is 10.6. The van der Waals surface area contributed by atoms with Gasteiger partial charge in [0.05, 0.1) is 31.1 Å². The molecule has 3 aromatic rings. The number of nitrogens with zero attached hydrogens (tertiary/aromatic N) is 4. The molecule has 3 rings (SSSR count). The Hall–Kier alpha value is -2.95. The summed E-state index contributed by atoms with van der Waals surface area (Å²) in [4.78, 5) is 0. The molecule has 5 nitrogen and oxygen atoms in total. The standard InChI is InChI=1S/C32H47N4O/c1-3-4-5-6-7-8-9-12-23-35-25-26-36(28-35)24-13-10-11-14-27-37-32-21-19-31(20-22-32)34-33-30-17-15-29(2)16-18-30/h15-22,25-26,28H,3-14,23-24,27H2,1-2H3/q+1. The lowest BCUT2D eigenvalue weighted by molar-refractivity contribution is -0.696. The van der Waals surface area contributed by atoms with Crippen molar-refractivity contribution < 1.29 is 9.30 Å². The second-order valence-corrected chi connectivity index (χ2v) is 10.2. The third-order valence-corrected chi connectivity index (χ3v) is 6.75. The van der Waals surface area contributed by atoms with Crippen molar-refractivity contribution in [2.24, 2.45) is 10.2 Å². The highest BCUT2D eigenvalue weighted by atomic mass is 16.5. The summed E-state index contributed by atoms with van der Waals surface area (Å²) in [5.74, 6) is 0.891. The molecule has 0 aliphatic rings. The van der Waals surface area contributed by atoms with Crippen LogP contribution in [0, 0.1) is 6.92 Å². The summed E-state index contributed by atoms with van der Waals surface area (Å²) in [6.07, 6.45) is 22.5. The summed E-state index contributed by atoms with van der Waals surface area (Å²) in [6.45, 7) is 7.35. The fraction of sp³-hybridized carbons (Fsp3) is 0.531. The number of unbranched alkanes of at least 4 members (excludes halogenated alkanes) is 10. The molecule has 0 bridgehead atoms. The van der Waals surface area contributed by atoms with Crippen LogP contribution < -0.4 is 9.30 Å². The van der Waals surface area contributed by atoms with Gasteiger partial charge in [0, 0.05) is 0 Å². The average Bonchev–Trinajstić information content (AvgIpc) is 3.37. The Kier molecular flexibility index (Phi) is 13.5. The van der Waals surface area contributed by atoms with Gasteiger partial charge in [0.2, 0.25) is 6.33 Å². The predicted molar refractivity (Wildman–Crippen MR) is 153 cm³/mol. The van der Waals surface area contributed by atoms with Gasteiger partial charge in [-0.25, -0.2) is 9.13 Å². The highest BCUT2D eigenvalue weighted by Crippen LogP contribution is 2.21. The van der Waals surface area contributed by atoms with Crippen molar-refractivity contribution in [3.05, 3.63) is 72.8 Å². The second-order valence-electron chi connectivity index (χ2n) is 10.2. The van der Waals surface area contributed by atoms with Gasteiger partial charge in [0.1, 0.15) is 18.1 Å². The number of imidazole rings is 1. The number of aryl methyl sites for hydroxylation is 3. The normalized spacial score (nSPS) is 11.4. The van der Waals surface area contributed by atoms with Crippen LogP contribution in [-0.2, 0) is 13.1 Å². The maximum atomic E-state index is 5.90. The summed E-state index contributed by atoms with van der Waals surface area (Å²) in [7, 11) is 0. The van der Waals surface area contributed by atoms with E-state index in [9.17, 15) is 0 Å². The van der Waals surface area contributed by atoms with E-state index in [4.69, 9.17) is 4.74 Å². The Bertz CT molecular complexity index is 1010. The smallest absolute Gasteiger partial charge is 0.243 e. The molecule has 0 saturated carbocycles. The molecule has 0 N–H and O–H groups in total. The van der Waals surface area contributed by atoms with E-state index in [1.807, 2.05) is 48.5 Å². The van der Waals surface area contributed by atoms with Gasteiger partial charge in [-0.15, -0.1) is 0 Å². The number of hydrogen-bond acceptors (Lipinski definition) is 3. The first-order valence-electron chi connectivity index (χ1n) is 14.5. The zero-order valence-electron chi connectivity index (χ0n) is 23.2. The summed E-state index contributed by atoms with van der Waals surface area (Å²) >= 11 is 0. The molecule has 0 spiro atoms. The van der Waals surface area contributed by atoms with Crippen LogP contribution in [0.4, 0.5) is 11.4 Å². The van der Waals surface area contributed by atoms with Crippen LogP contribution in [0.15, 0.2) is 77.5 Å². The van der Waals surface area contributed by atoms with Crippen LogP contribution in [0.3, 0.4) is 0 Å². The zero-order chi connectivity index (χ0) is 26.0. The number of hydrogen-bond donors (Lipinski definition) is 0. The van der Waals surface area contributed by atoms with Crippen molar-refractivity contribution in [1.29, 1.82) is 0 Å². The van der Waals surface area contributed by atoms with E-state index < -0.39 is 0 Å². The lowest BCUT2D eigenvalue weighted by atomic mass is 10.1. The van der Waals surface area contributed by atoms with Gasteiger partial charge in [-0.2, -0.15) is 10.2 Å². The number of ether oxygens (including phenoxy) is 1. The monoisotopic (exact) mass is 503 g/mol. The lowest BCUT2D eigenvalue weighted by Gasteiger charge is -2.06. The molecule has 0 amide bonds. The molecule has 37 heavy (non-hydrogen) atoms. The van der Waals surface area contributed by atoms with Gasteiger partial charge in [-0.1, -0.05) is 63.1 Å². The summed E-state index contributed by atoms with van der Waals surface area (Å²) in [5.41, 5.74) is 2.91. The zero-order valence-corrected chi connectivity index (χ0v) is 23.2. The molecule has 1 aromatic heterocycles. The number of rotatable bonds is 19. The van der Waals surface area contributed by atoms with Crippen LogP contribution >= 0.6 is 0 Å². The van der Waals surface area contributed by atoms with Crippen molar-refractivity contribution in [2.75, 3.05) is 6.61 Å². The Morgan fingerprint density at radius 3 is 2.00 bits per heavy atom. The lowest BCUT2D eigenvalue weighted by Crippen LogP contribution is -2.30. The highest BCUT2D eigenvalue weighted by molar-refractivity contribution is 5.43. The van der Waals surface area contributed by atoms with E-state index in [2.05, 4.69) is 51.9 Å². The van der Waals surface area contributed by atoms with E-state index in [0.29, 0.717) is 0 Å². The molecule has 0 radical (unpaired) electrons. The average molecular weight is 504 g/mol. The Morgan fingerprint density at radius 1 is 0.703 bits per heavy atom. The van der Waals surface area contributed by atoms with E-state index in [1.54, 1.807) is 0 Å². The number of azo groups is 1. The molecule has 0 aliphatic carbocycles. The molecular formula is C32H47N4O+. The molecule has 0 saturated heterocycles. The fourth-order valence-corrected chi connectivity index (χ4v) is 4.41. The first-order valence-corrected chi connectivity index (χ1v) is 14.5. The molecule has 1 heterocycles. The van der Waals surface area contributed by atoms with E-state index in [0.717, 1.165) is 43.2 Å². The molecule has 5 heteroatoms. The van der Waals surface area contributed by atoms with Crippen molar-refractivity contribution in [3.8, 4) is 5.75 Å². The third-order valence-electron chi connectivity index (χ3n) is 6.75. The molecule has 200 valence electrons. The minimum atomic E-state index is 0.756. The molecule has 2 aromatic carbocycles. The van der Waals surface area contributed by atoms with Crippen molar-refractivity contribution in [1.82, 2.24) is 4.57 Å². The van der Waals surface area contributed by atoms with Gasteiger partial charge in [0.15, 0.2) is 0 Å². The van der Waals surface area contributed by atoms with Crippen LogP contribution in [0.25, 0.3) is 0 Å².